The standard InChI is InChI=1S/C28H26F5N7O2S/c1-15-13-39(7-6-38(15)2)21-9-20(29)23(16-4-3-5-40(14-16)27-36-11-17(10-34)43-27)24(30)25(21)37-26(42)18-12-35-22(41)8-19(18)28(31,32)33/h4,8-9,11-12,15H,3,5-7,13-14H2,1-2H3,(H,35,41)(H,37,42). The van der Waals surface area contributed by atoms with Gasteiger partial charge in [0.25, 0.3) is 5.91 Å². The Bertz CT molecular complexity index is 1690. The number of halogens is 5. The molecule has 1 aromatic carbocycles. The Hall–Kier alpha value is -4.29. The molecule has 1 saturated heterocycles. The summed E-state index contributed by atoms with van der Waals surface area (Å²) < 4.78 is 73.4. The van der Waals surface area contributed by atoms with E-state index in [4.69, 9.17) is 5.26 Å². The van der Waals surface area contributed by atoms with Gasteiger partial charge in [0.15, 0.2) is 10.9 Å². The average molecular weight is 620 g/mol. The number of nitrogens with zero attached hydrogens (tertiary/aromatic N) is 5. The van der Waals surface area contributed by atoms with Crippen molar-refractivity contribution in [2.75, 3.05) is 54.9 Å². The topological polar surface area (TPSA) is 108 Å². The number of piperazine rings is 1. The first-order chi connectivity index (χ1) is 20.4. The fourth-order valence-electron chi connectivity index (χ4n) is 5.16. The fourth-order valence-corrected chi connectivity index (χ4v) is 5.90. The Morgan fingerprint density at radius 1 is 1.21 bits per heavy atom. The summed E-state index contributed by atoms with van der Waals surface area (Å²) in [5, 5.41) is 11.9. The number of carbonyl (C=O) groups is 1. The van der Waals surface area contributed by atoms with Crippen LogP contribution in [0.4, 0.5) is 38.5 Å². The number of aromatic amines is 1. The van der Waals surface area contributed by atoms with Crippen molar-refractivity contribution in [3.8, 4) is 6.07 Å². The largest absolute Gasteiger partial charge is 0.417 e. The average Bonchev–Trinajstić information content (AvgIpc) is 3.45. The first kappa shape index (κ1) is 30.2. The number of thiazole rings is 1. The lowest BCUT2D eigenvalue weighted by atomic mass is 9.97. The van der Waals surface area contributed by atoms with Crippen LogP contribution in [0, 0.1) is 23.0 Å². The molecule has 2 aliphatic rings. The van der Waals surface area contributed by atoms with Crippen molar-refractivity contribution in [3.63, 3.8) is 0 Å². The molecule has 0 bridgehead atoms. The quantitative estimate of drug-likeness (QED) is 0.399. The van der Waals surface area contributed by atoms with Crippen LogP contribution in [0.15, 0.2) is 35.4 Å². The number of amides is 1. The number of anilines is 3. The maximum absolute atomic E-state index is 16.5. The minimum absolute atomic E-state index is 0.0168. The van der Waals surface area contributed by atoms with Gasteiger partial charge < -0.3 is 25.0 Å². The van der Waals surface area contributed by atoms with Crippen LogP contribution >= 0.6 is 11.3 Å². The summed E-state index contributed by atoms with van der Waals surface area (Å²) in [6.45, 7) is 3.67. The molecule has 5 rings (SSSR count). The van der Waals surface area contributed by atoms with Crippen LogP contribution in [0.25, 0.3) is 5.57 Å². The summed E-state index contributed by atoms with van der Waals surface area (Å²) in [5.41, 5.74) is -4.15. The fraction of sp³-hybridized carbons (Fsp3) is 0.357. The van der Waals surface area contributed by atoms with Crippen molar-refractivity contribution < 1.29 is 26.7 Å². The molecule has 1 amide bonds. The van der Waals surface area contributed by atoms with Crippen LogP contribution in [0.2, 0.25) is 0 Å². The van der Waals surface area contributed by atoms with E-state index >= 15 is 8.78 Å². The number of likely N-dealkylation sites (N-methyl/N-ethyl adjacent to an activating group) is 1. The van der Waals surface area contributed by atoms with Gasteiger partial charge in [-0.15, -0.1) is 0 Å². The zero-order valence-electron chi connectivity index (χ0n) is 23.1. The summed E-state index contributed by atoms with van der Waals surface area (Å²) in [4.78, 5) is 37.0. The number of aromatic nitrogens is 2. The first-order valence-corrected chi connectivity index (χ1v) is 14.1. The third-order valence-corrected chi connectivity index (χ3v) is 8.52. The van der Waals surface area contributed by atoms with E-state index in [-0.39, 0.29) is 29.9 Å². The number of nitriles is 1. The van der Waals surface area contributed by atoms with Gasteiger partial charge in [0, 0.05) is 57.1 Å². The number of benzene rings is 1. The molecule has 0 aliphatic carbocycles. The second kappa shape index (κ2) is 11.8. The first-order valence-electron chi connectivity index (χ1n) is 13.3. The monoisotopic (exact) mass is 619 g/mol. The minimum atomic E-state index is -5.04. The minimum Gasteiger partial charge on any atom is -0.367 e. The highest BCUT2D eigenvalue weighted by molar-refractivity contribution is 7.16. The summed E-state index contributed by atoms with van der Waals surface area (Å²) in [6, 6.07) is 3.32. The van der Waals surface area contributed by atoms with E-state index in [1.165, 1.54) is 6.20 Å². The molecule has 9 nitrogen and oxygen atoms in total. The van der Waals surface area contributed by atoms with Crippen molar-refractivity contribution >= 4 is 39.3 Å². The maximum Gasteiger partial charge on any atom is 0.417 e. The van der Waals surface area contributed by atoms with Crippen molar-refractivity contribution in [1.82, 2.24) is 14.9 Å². The van der Waals surface area contributed by atoms with Crippen LogP contribution in [0.5, 0.6) is 0 Å². The van der Waals surface area contributed by atoms with E-state index in [0.717, 1.165) is 17.4 Å². The number of pyridine rings is 1. The van der Waals surface area contributed by atoms with Crippen molar-refractivity contribution in [1.29, 1.82) is 5.26 Å². The summed E-state index contributed by atoms with van der Waals surface area (Å²) in [5.74, 6) is -3.37. The molecule has 0 saturated carbocycles. The highest BCUT2D eigenvalue weighted by Gasteiger charge is 2.37. The molecule has 1 unspecified atom stereocenters. The molecule has 226 valence electrons. The van der Waals surface area contributed by atoms with Gasteiger partial charge in [-0.1, -0.05) is 17.4 Å². The lowest BCUT2D eigenvalue weighted by Crippen LogP contribution is -2.50. The molecule has 15 heteroatoms. The van der Waals surface area contributed by atoms with E-state index in [9.17, 15) is 22.8 Å². The lowest BCUT2D eigenvalue weighted by molar-refractivity contribution is -0.138. The van der Waals surface area contributed by atoms with Gasteiger partial charge in [-0.2, -0.15) is 18.4 Å². The summed E-state index contributed by atoms with van der Waals surface area (Å²) in [6.07, 6.45) is -0.956. The Morgan fingerprint density at radius 2 is 1.98 bits per heavy atom. The van der Waals surface area contributed by atoms with Gasteiger partial charge in [0.1, 0.15) is 22.5 Å². The van der Waals surface area contributed by atoms with Gasteiger partial charge >= 0.3 is 6.18 Å². The Balaban J connectivity index is 1.58. The SMILES string of the molecule is CC1CN(c2cc(F)c(C3=CCCN(c4ncc(C#N)s4)C3)c(F)c2NC(=O)c2c[nH]c(=O)cc2C(F)(F)F)CCN1C. The van der Waals surface area contributed by atoms with Crippen molar-refractivity contribution in [2.45, 2.75) is 25.6 Å². The molecule has 0 spiro atoms. The number of H-pyrrole nitrogens is 1. The van der Waals surface area contributed by atoms with Gasteiger partial charge in [-0.25, -0.2) is 13.8 Å². The molecule has 2 N–H and O–H groups in total. The molecular weight excluding hydrogens is 593 g/mol. The van der Waals surface area contributed by atoms with Crippen molar-refractivity contribution in [2.24, 2.45) is 0 Å². The number of hydrogen-bond acceptors (Lipinski definition) is 8. The van der Waals surface area contributed by atoms with Crippen LogP contribution in [0.3, 0.4) is 0 Å². The molecule has 0 radical (unpaired) electrons. The van der Waals surface area contributed by atoms with E-state index in [2.05, 4.69) is 15.3 Å². The zero-order chi connectivity index (χ0) is 31.1. The third-order valence-electron chi connectivity index (χ3n) is 7.56. The molecule has 4 heterocycles. The van der Waals surface area contributed by atoms with Gasteiger partial charge in [-0.05, 0) is 26.0 Å². The molecule has 2 aliphatic heterocycles. The summed E-state index contributed by atoms with van der Waals surface area (Å²) in [7, 11) is 1.90. The molecule has 43 heavy (non-hydrogen) atoms. The van der Waals surface area contributed by atoms with E-state index in [1.807, 2.05) is 24.9 Å². The van der Waals surface area contributed by atoms with Crippen molar-refractivity contribution in [3.05, 3.63) is 74.2 Å². The second-order valence-corrected chi connectivity index (χ2v) is 11.4. The number of nitrogens with one attached hydrogen (secondary N) is 2. The summed E-state index contributed by atoms with van der Waals surface area (Å²) >= 11 is 1.13. The smallest absolute Gasteiger partial charge is 0.367 e. The number of rotatable bonds is 5. The maximum atomic E-state index is 16.5. The lowest BCUT2D eigenvalue weighted by Gasteiger charge is -2.40. The third kappa shape index (κ3) is 6.11. The second-order valence-electron chi connectivity index (χ2n) is 10.4. The highest BCUT2D eigenvalue weighted by atomic mass is 32.1. The van der Waals surface area contributed by atoms with Gasteiger partial charge in [0.2, 0.25) is 5.56 Å². The highest BCUT2D eigenvalue weighted by Crippen LogP contribution is 2.40. The van der Waals surface area contributed by atoms with Crippen LogP contribution in [-0.4, -0.2) is 66.6 Å². The molecule has 1 fully saturated rings. The van der Waals surface area contributed by atoms with Crippen LogP contribution in [0.1, 0.15) is 39.7 Å². The van der Waals surface area contributed by atoms with Gasteiger partial charge in [0.05, 0.1) is 28.6 Å². The Labute approximate surface area is 246 Å². The normalized spacial score (nSPS) is 17.9. The van der Waals surface area contributed by atoms with E-state index in [1.54, 1.807) is 15.9 Å². The number of hydrogen-bond donors (Lipinski definition) is 2. The molecular formula is C28H26F5N7O2S. The van der Waals surface area contributed by atoms with Gasteiger partial charge in [-0.3, -0.25) is 9.59 Å². The molecule has 2 aromatic heterocycles. The van der Waals surface area contributed by atoms with E-state index in [0.29, 0.717) is 48.8 Å². The molecule has 1 atom stereocenters. The number of carbonyl (C=O) groups excluding carboxylic acids is 1. The van der Waals surface area contributed by atoms with Crippen LogP contribution in [-0.2, 0) is 6.18 Å². The Morgan fingerprint density at radius 3 is 2.65 bits per heavy atom. The molecule has 3 aromatic rings. The zero-order valence-corrected chi connectivity index (χ0v) is 23.9. The predicted octanol–water partition coefficient (Wildman–Crippen LogP) is 4.69. The predicted molar refractivity (Wildman–Crippen MR) is 152 cm³/mol. The Kier molecular flexibility index (Phi) is 8.26. The van der Waals surface area contributed by atoms with E-state index < -0.39 is 51.7 Å². The number of alkyl halides is 3. The van der Waals surface area contributed by atoms with Crippen LogP contribution < -0.4 is 20.7 Å².